The maximum atomic E-state index is 10.1. The fraction of sp³-hybridized carbons (Fsp3) is 0.867. The smallest absolute Gasteiger partial charge is 0.224 e. The van der Waals surface area contributed by atoms with Crippen LogP contribution in [0.25, 0.3) is 0 Å². The van der Waals surface area contributed by atoms with Crippen molar-refractivity contribution in [2.24, 2.45) is 0 Å². The second kappa shape index (κ2) is 8.53. The SMILES string of the molecule is CO/C(C)=C(/O)[C@H]1O[C@H](OC2(CO)O[C@H](CO)[C@@H](O)[C@@H]2O)[C@H](O)[C@@H](O)[C@@H]1O. The van der Waals surface area contributed by atoms with Crippen molar-refractivity contribution in [2.75, 3.05) is 20.3 Å². The molecule has 9 atom stereocenters. The Morgan fingerprint density at radius 3 is 2.11 bits per heavy atom. The molecule has 27 heavy (non-hydrogen) atoms. The predicted octanol–water partition coefficient (Wildman–Crippen LogP) is -3.95. The van der Waals surface area contributed by atoms with Crippen LogP contribution in [-0.4, -0.2) is 116 Å². The van der Waals surface area contributed by atoms with Gasteiger partial charge in [-0.05, 0) is 6.92 Å². The topological polar surface area (TPSA) is 199 Å². The minimum absolute atomic E-state index is 0.0359. The molecule has 2 heterocycles. The lowest BCUT2D eigenvalue weighted by Crippen LogP contribution is -2.62. The van der Waals surface area contributed by atoms with Crippen LogP contribution in [0.15, 0.2) is 11.5 Å². The van der Waals surface area contributed by atoms with Gasteiger partial charge in [-0.25, -0.2) is 0 Å². The molecule has 0 aliphatic carbocycles. The summed E-state index contributed by atoms with van der Waals surface area (Å²) in [5.41, 5.74) is 0. The van der Waals surface area contributed by atoms with Gasteiger partial charge in [0.15, 0.2) is 12.0 Å². The maximum absolute atomic E-state index is 10.1. The van der Waals surface area contributed by atoms with E-state index in [0.29, 0.717) is 0 Å². The molecule has 2 saturated heterocycles. The zero-order chi connectivity index (χ0) is 20.5. The molecule has 0 spiro atoms. The Kier molecular flexibility index (Phi) is 7.02. The van der Waals surface area contributed by atoms with Crippen molar-refractivity contribution in [1.82, 2.24) is 0 Å². The molecule has 2 fully saturated rings. The van der Waals surface area contributed by atoms with Crippen molar-refractivity contribution in [3.63, 3.8) is 0 Å². The standard InChI is InChI=1S/C15H26O12/c1-5(24-2)7(18)12-10(21)9(20)11(22)14(25-12)27-15(4-17)13(23)8(19)6(3-16)26-15/h6,8-14,16-23H,3-4H2,1-2H3/b7-5+/t6-,8-,9+,10+,11-,12-,13+,14-,15?/m1/s1. The summed E-state index contributed by atoms with van der Waals surface area (Å²) in [7, 11) is 1.25. The fourth-order valence-corrected chi connectivity index (χ4v) is 2.94. The Hall–Kier alpha value is -1.06. The first-order chi connectivity index (χ1) is 12.6. The lowest BCUT2D eigenvalue weighted by atomic mass is 9.97. The maximum Gasteiger partial charge on any atom is 0.224 e. The van der Waals surface area contributed by atoms with Crippen LogP contribution in [0.5, 0.6) is 0 Å². The number of ether oxygens (including phenoxy) is 4. The van der Waals surface area contributed by atoms with Crippen molar-refractivity contribution in [1.29, 1.82) is 0 Å². The van der Waals surface area contributed by atoms with Crippen molar-refractivity contribution >= 4 is 0 Å². The number of aliphatic hydroxyl groups is 8. The highest BCUT2D eigenvalue weighted by Gasteiger charge is 2.58. The Morgan fingerprint density at radius 2 is 1.63 bits per heavy atom. The zero-order valence-electron chi connectivity index (χ0n) is 14.7. The number of methoxy groups -OCH3 is 1. The van der Waals surface area contributed by atoms with Gasteiger partial charge in [0, 0.05) is 0 Å². The highest BCUT2D eigenvalue weighted by Crippen LogP contribution is 2.36. The molecule has 0 bridgehead atoms. The van der Waals surface area contributed by atoms with E-state index in [2.05, 4.69) is 0 Å². The van der Waals surface area contributed by atoms with Crippen molar-refractivity contribution in [2.45, 2.75) is 61.7 Å². The molecule has 2 aliphatic rings. The van der Waals surface area contributed by atoms with E-state index < -0.39 is 73.8 Å². The molecule has 0 aromatic heterocycles. The van der Waals surface area contributed by atoms with Crippen LogP contribution in [0, 0.1) is 0 Å². The first-order valence-corrected chi connectivity index (χ1v) is 8.20. The first kappa shape index (κ1) is 22.2. The lowest BCUT2D eigenvalue weighted by Gasteiger charge is -2.43. The van der Waals surface area contributed by atoms with Crippen LogP contribution >= 0.6 is 0 Å². The second-order valence-corrected chi connectivity index (χ2v) is 6.40. The van der Waals surface area contributed by atoms with Gasteiger partial charge < -0.3 is 59.8 Å². The molecule has 2 aliphatic heterocycles. The van der Waals surface area contributed by atoms with Gasteiger partial charge in [0.25, 0.3) is 0 Å². The van der Waals surface area contributed by atoms with Gasteiger partial charge in [0.1, 0.15) is 55.1 Å². The van der Waals surface area contributed by atoms with Crippen LogP contribution in [0.2, 0.25) is 0 Å². The van der Waals surface area contributed by atoms with Crippen LogP contribution in [0.4, 0.5) is 0 Å². The van der Waals surface area contributed by atoms with Gasteiger partial charge in [-0.1, -0.05) is 0 Å². The van der Waals surface area contributed by atoms with E-state index in [4.69, 9.17) is 18.9 Å². The van der Waals surface area contributed by atoms with Crippen LogP contribution < -0.4 is 0 Å². The summed E-state index contributed by atoms with van der Waals surface area (Å²) in [4.78, 5) is 0. The van der Waals surface area contributed by atoms with Crippen molar-refractivity contribution in [3.8, 4) is 0 Å². The lowest BCUT2D eigenvalue weighted by molar-refractivity contribution is -0.380. The minimum Gasteiger partial charge on any atom is -0.506 e. The van der Waals surface area contributed by atoms with Gasteiger partial charge in [-0.15, -0.1) is 0 Å². The molecular formula is C15H26O12. The Labute approximate surface area is 154 Å². The van der Waals surface area contributed by atoms with E-state index in [0.717, 1.165) is 0 Å². The summed E-state index contributed by atoms with van der Waals surface area (Å²) >= 11 is 0. The summed E-state index contributed by atoms with van der Waals surface area (Å²) in [5.74, 6) is -2.91. The van der Waals surface area contributed by atoms with E-state index >= 15 is 0 Å². The Bertz CT molecular complexity index is 541. The Morgan fingerprint density at radius 1 is 1.00 bits per heavy atom. The molecule has 158 valence electrons. The third-order valence-corrected chi connectivity index (χ3v) is 4.73. The Balaban J connectivity index is 2.28. The summed E-state index contributed by atoms with van der Waals surface area (Å²) in [6, 6.07) is 0. The highest BCUT2D eigenvalue weighted by molar-refractivity contribution is 5.10. The van der Waals surface area contributed by atoms with Gasteiger partial charge in [0.2, 0.25) is 5.79 Å². The quantitative estimate of drug-likeness (QED) is 0.202. The number of rotatable bonds is 6. The highest BCUT2D eigenvalue weighted by atomic mass is 16.8. The van der Waals surface area contributed by atoms with E-state index in [9.17, 15) is 40.9 Å². The fourth-order valence-electron chi connectivity index (χ4n) is 2.94. The van der Waals surface area contributed by atoms with Crippen LogP contribution in [-0.2, 0) is 18.9 Å². The van der Waals surface area contributed by atoms with Crippen molar-refractivity contribution < 1.29 is 59.8 Å². The molecule has 2 rings (SSSR count). The molecule has 12 nitrogen and oxygen atoms in total. The monoisotopic (exact) mass is 398 g/mol. The molecule has 0 aromatic rings. The summed E-state index contributed by atoms with van der Waals surface area (Å²) in [5, 5.41) is 79.2. The molecule has 1 unspecified atom stereocenters. The average Bonchev–Trinajstić information content (AvgIpc) is 2.92. The van der Waals surface area contributed by atoms with Gasteiger partial charge in [-0.3, -0.25) is 0 Å². The van der Waals surface area contributed by atoms with Gasteiger partial charge >= 0.3 is 0 Å². The van der Waals surface area contributed by atoms with E-state index in [-0.39, 0.29) is 5.76 Å². The normalized spacial score (nSPS) is 46.3. The third-order valence-electron chi connectivity index (χ3n) is 4.73. The second-order valence-electron chi connectivity index (χ2n) is 6.40. The molecule has 0 radical (unpaired) electrons. The minimum atomic E-state index is -2.29. The van der Waals surface area contributed by atoms with Crippen LogP contribution in [0.3, 0.4) is 0 Å². The molecule has 0 saturated carbocycles. The first-order valence-electron chi connectivity index (χ1n) is 8.20. The van der Waals surface area contributed by atoms with E-state index in [1.807, 2.05) is 0 Å². The molecular weight excluding hydrogens is 372 g/mol. The average molecular weight is 398 g/mol. The molecule has 8 N–H and O–H groups in total. The van der Waals surface area contributed by atoms with Crippen LogP contribution in [0.1, 0.15) is 6.92 Å². The number of hydrogen-bond donors (Lipinski definition) is 8. The summed E-state index contributed by atoms with van der Waals surface area (Å²) in [6.07, 6.45) is -13.6. The number of hydrogen-bond acceptors (Lipinski definition) is 12. The molecule has 12 heteroatoms. The third kappa shape index (κ3) is 3.91. The molecule has 0 aromatic carbocycles. The summed E-state index contributed by atoms with van der Waals surface area (Å²) < 4.78 is 20.6. The largest absolute Gasteiger partial charge is 0.506 e. The van der Waals surface area contributed by atoms with Gasteiger partial charge in [0.05, 0.1) is 13.7 Å². The number of aliphatic hydroxyl groups excluding tert-OH is 8. The zero-order valence-corrected chi connectivity index (χ0v) is 14.7. The number of allylic oxidation sites excluding steroid dienone is 1. The van der Waals surface area contributed by atoms with E-state index in [1.165, 1.54) is 14.0 Å². The van der Waals surface area contributed by atoms with E-state index in [1.54, 1.807) is 0 Å². The van der Waals surface area contributed by atoms with Crippen molar-refractivity contribution in [3.05, 3.63) is 11.5 Å². The predicted molar refractivity (Wildman–Crippen MR) is 83.9 cm³/mol. The summed E-state index contributed by atoms with van der Waals surface area (Å²) in [6.45, 7) is -0.339. The molecule has 0 amide bonds. The van der Waals surface area contributed by atoms with Gasteiger partial charge in [-0.2, -0.15) is 0 Å².